The van der Waals surface area contributed by atoms with Gasteiger partial charge in [-0.25, -0.2) is 0 Å². The van der Waals surface area contributed by atoms with Crippen LogP contribution >= 0.6 is 0 Å². The van der Waals surface area contributed by atoms with Gasteiger partial charge in [-0.1, -0.05) is 46.5 Å². The van der Waals surface area contributed by atoms with E-state index < -0.39 is 5.41 Å². The molecule has 2 rings (SSSR count). The van der Waals surface area contributed by atoms with Crippen LogP contribution in [0, 0.1) is 28.1 Å². The summed E-state index contributed by atoms with van der Waals surface area (Å²) in [6, 6.07) is 2.40. The maximum absolute atomic E-state index is 12.9. The number of likely N-dealkylation sites (tertiary alicyclic amines) is 1. The van der Waals surface area contributed by atoms with E-state index in [2.05, 4.69) is 26.8 Å². The molecule has 3 heteroatoms. The summed E-state index contributed by atoms with van der Waals surface area (Å²) in [5, 5.41) is 9.65. The lowest BCUT2D eigenvalue weighted by atomic mass is 9.74. The highest BCUT2D eigenvalue weighted by molar-refractivity contribution is 5.85. The average Bonchev–Trinajstić information content (AvgIpc) is 2.72. The van der Waals surface area contributed by atoms with Gasteiger partial charge in [0.25, 0.3) is 0 Å². The molecule has 1 amide bonds. The smallest absolute Gasteiger partial charge is 0.243 e. The Morgan fingerprint density at radius 3 is 2.05 bits per heavy atom. The second kappa shape index (κ2) is 6.38. The third-order valence-corrected chi connectivity index (χ3v) is 5.59. The largest absolute Gasteiger partial charge is 0.341 e. The van der Waals surface area contributed by atoms with Crippen molar-refractivity contribution in [3.8, 4) is 6.07 Å². The number of hydrogen-bond acceptors (Lipinski definition) is 2. The van der Waals surface area contributed by atoms with Crippen LogP contribution in [-0.2, 0) is 4.79 Å². The zero-order valence-electron chi connectivity index (χ0n) is 14.0. The SMILES string of the molecule is CC(C)(C)C1CCN(C(=O)C2(C#N)CCCCCC2)CC1. The first kappa shape index (κ1) is 16.3. The van der Waals surface area contributed by atoms with Crippen LogP contribution in [0.4, 0.5) is 0 Å². The molecule has 3 nitrogen and oxygen atoms in total. The average molecular weight is 290 g/mol. The van der Waals surface area contributed by atoms with Gasteiger partial charge in [-0.3, -0.25) is 4.79 Å². The molecule has 21 heavy (non-hydrogen) atoms. The molecule has 0 aromatic rings. The predicted octanol–water partition coefficient (Wildman–Crippen LogP) is 4.14. The molecule has 0 unspecified atom stereocenters. The molecule has 2 aliphatic rings. The minimum Gasteiger partial charge on any atom is -0.341 e. The van der Waals surface area contributed by atoms with Crippen LogP contribution in [0.5, 0.6) is 0 Å². The van der Waals surface area contributed by atoms with E-state index >= 15 is 0 Å². The molecule has 1 aliphatic carbocycles. The van der Waals surface area contributed by atoms with E-state index in [9.17, 15) is 10.1 Å². The Balaban J connectivity index is 2.02. The van der Waals surface area contributed by atoms with E-state index in [4.69, 9.17) is 0 Å². The van der Waals surface area contributed by atoms with Crippen molar-refractivity contribution in [3.63, 3.8) is 0 Å². The predicted molar refractivity (Wildman–Crippen MR) is 84.5 cm³/mol. The third kappa shape index (κ3) is 3.59. The van der Waals surface area contributed by atoms with Crippen LogP contribution in [0.15, 0.2) is 0 Å². The summed E-state index contributed by atoms with van der Waals surface area (Å²) in [4.78, 5) is 14.9. The van der Waals surface area contributed by atoms with Gasteiger partial charge in [0.15, 0.2) is 0 Å². The molecule has 0 atom stereocenters. The molecule has 0 spiro atoms. The molecule has 0 N–H and O–H groups in total. The Bertz CT molecular complexity index is 400. The molecule has 1 heterocycles. The summed E-state index contributed by atoms with van der Waals surface area (Å²) >= 11 is 0. The highest BCUT2D eigenvalue weighted by Gasteiger charge is 2.43. The molecule has 0 aromatic carbocycles. The van der Waals surface area contributed by atoms with Crippen molar-refractivity contribution in [2.24, 2.45) is 16.7 Å². The summed E-state index contributed by atoms with van der Waals surface area (Å²) in [7, 11) is 0. The Morgan fingerprint density at radius 2 is 1.62 bits per heavy atom. The quantitative estimate of drug-likeness (QED) is 0.681. The second-order valence-corrected chi connectivity index (χ2v) is 8.04. The number of nitriles is 1. The van der Waals surface area contributed by atoms with Gasteiger partial charge in [-0.15, -0.1) is 0 Å². The van der Waals surface area contributed by atoms with Crippen molar-refractivity contribution < 1.29 is 4.79 Å². The highest BCUT2D eigenvalue weighted by Crippen LogP contribution is 2.39. The van der Waals surface area contributed by atoms with Crippen LogP contribution < -0.4 is 0 Å². The Morgan fingerprint density at radius 1 is 1.10 bits per heavy atom. The highest BCUT2D eigenvalue weighted by atomic mass is 16.2. The van der Waals surface area contributed by atoms with Crippen LogP contribution in [-0.4, -0.2) is 23.9 Å². The summed E-state index contributed by atoms with van der Waals surface area (Å²) in [5.74, 6) is 0.813. The number of carbonyl (C=O) groups is 1. The maximum Gasteiger partial charge on any atom is 0.243 e. The molecule has 1 aliphatic heterocycles. The van der Waals surface area contributed by atoms with Crippen LogP contribution in [0.25, 0.3) is 0 Å². The molecule has 1 saturated carbocycles. The summed E-state index contributed by atoms with van der Waals surface area (Å²) in [6.07, 6.45) is 8.08. The van der Waals surface area contributed by atoms with Gasteiger partial charge in [0.2, 0.25) is 5.91 Å². The molecular weight excluding hydrogens is 260 g/mol. The molecule has 0 aromatic heterocycles. The molecule has 1 saturated heterocycles. The third-order valence-electron chi connectivity index (χ3n) is 5.59. The monoisotopic (exact) mass is 290 g/mol. The lowest BCUT2D eigenvalue weighted by Gasteiger charge is -2.41. The standard InChI is InChI=1S/C18H30N2O/c1-17(2,3)15-8-12-20(13-9-15)16(21)18(14-19)10-6-4-5-7-11-18/h15H,4-13H2,1-3H3. The van der Waals surface area contributed by atoms with Crippen LogP contribution in [0.2, 0.25) is 0 Å². The van der Waals surface area contributed by atoms with Crippen LogP contribution in [0.1, 0.15) is 72.1 Å². The molecular formula is C18H30N2O. The van der Waals surface area contributed by atoms with Gasteiger partial charge in [0, 0.05) is 13.1 Å². The fourth-order valence-corrected chi connectivity index (χ4v) is 3.96. The van der Waals surface area contributed by atoms with Gasteiger partial charge in [-0.05, 0) is 37.0 Å². The molecule has 118 valence electrons. The molecule has 2 fully saturated rings. The Hall–Kier alpha value is -1.04. The van der Waals surface area contributed by atoms with E-state index in [0.717, 1.165) is 51.6 Å². The van der Waals surface area contributed by atoms with Crippen molar-refractivity contribution in [2.75, 3.05) is 13.1 Å². The fraction of sp³-hybridized carbons (Fsp3) is 0.889. The minimum atomic E-state index is -0.717. The summed E-state index contributed by atoms with van der Waals surface area (Å²) in [5.41, 5.74) is -0.393. The lowest BCUT2D eigenvalue weighted by Crippen LogP contribution is -2.48. The first-order valence-corrected chi connectivity index (χ1v) is 8.60. The Kier molecular flexibility index (Phi) is 4.96. The fourth-order valence-electron chi connectivity index (χ4n) is 3.96. The Labute approximate surface area is 129 Å². The van der Waals surface area contributed by atoms with E-state index in [1.54, 1.807) is 0 Å². The zero-order valence-corrected chi connectivity index (χ0v) is 14.0. The first-order valence-electron chi connectivity index (χ1n) is 8.60. The summed E-state index contributed by atoms with van der Waals surface area (Å²) < 4.78 is 0. The van der Waals surface area contributed by atoms with Gasteiger partial charge in [-0.2, -0.15) is 5.26 Å². The maximum atomic E-state index is 12.9. The molecule has 0 radical (unpaired) electrons. The van der Waals surface area contributed by atoms with Crippen molar-refractivity contribution >= 4 is 5.91 Å². The first-order chi connectivity index (χ1) is 9.89. The van der Waals surface area contributed by atoms with Gasteiger partial charge in [0.1, 0.15) is 5.41 Å². The minimum absolute atomic E-state index is 0.124. The van der Waals surface area contributed by atoms with Crippen LogP contribution in [0.3, 0.4) is 0 Å². The normalized spacial score (nSPS) is 24.2. The van der Waals surface area contributed by atoms with Crippen molar-refractivity contribution in [2.45, 2.75) is 72.1 Å². The topological polar surface area (TPSA) is 44.1 Å². The zero-order chi connectivity index (χ0) is 15.5. The van der Waals surface area contributed by atoms with Crippen molar-refractivity contribution in [1.82, 2.24) is 4.90 Å². The summed E-state index contributed by atoms with van der Waals surface area (Å²) in [6.45, 7) is 8.54. The van der Waals surface area contributed by atoms with Crippen molar-refractivity contribution in [1.29, 1.82) is 5.26 Å². The number of carbonyl (C=O) groups excluding carboxylic acids is 1. The van der Waals surface area contributed by atoms with Gasteiger partial charge >= 0.3 is 0 Å². The van der Waals surface area contributed by atoms with E-state index in [1.807, 2.05) is 4.90 Å². The number of nitrogens with zero attached hydrogens (tertiary/aromatic N) is 2. The van der Waals surface area contributed by atoms with E-state index in [0.29, 0.717) is 11.3 Å². The number of rotatable bonds is 1. The number of hydrogen-bond donors (Lipinski definition) is 0. The van der Waals surface area contributed by atoms with Gasteiger partial charge in [0.05, 0.1) is 6.07 Å². The molecule has 0 bridgehead atoms. The number of piperidine rings is 1. The second-order valence-electron chi connectivity index (χ2n) is 8.04. The van der Waals surface area contributed by atoms with E-state index in [-0.39, 0.29) is 5.91 Å². The number of amides is 1. The lowest BCUT2D eigenvalue weighted by molar-refractivity contribution is -0.141. The van der Waals surface area contributed by atoms with Gasteiger partial charge < -0.3 is 4.90 Å². The van der Waals surface area contributed by atoms with E-state index in [1.165, 1.54) is 12.8 Å². The van der Waals surface area contributed by atoms with Crippen molar-refractivity contribution in [3.05, 3.63) is 0 Å².